The van der Waals surface area contributed by atoms with Gasteiger partial charge in [0.1, 0.15) is 0 Å². The smallest absolute Gasteiger partial charge is 0.0172 e. The highest BCUT2D eigenvalue weighted by Crippen LogP contribution is 2.17. The van der Waals surface area contributed by atoms with Crippen molar-refractivity contribution in [1.82, 2.24) is 5.32 Å². The number of halogens is 1. The van der Waals surface area contributed by atoms with E-state index in [-0.39, 0.29) is 0 Å². The van der Waals surface area contributed by atoms with Crippen LogP contribution in [0.2, 0.25) is 0 Å². The third kappa shape index (κ3) is 5.16. The molecule has 1 rings (SSSR count). The van der Waals surface area contributed by atoms with Crippen LogP contribution in [0, 0.1) is 0 Å². The van der Waals surface area contributed by atoms with Gasteiger partial charge in [-0.2, -0.15) is 0 Å². The van der Waals surface area contributed by atoms with Crippen LogP contribution in [-0.2, 0) is 0 Å². The van der Waals surface area contributed by atoms with E-state index < -0.39 is 0 Å². The van der Waals surface area contributed by atoms with Crippen molar-refractivity contribution < 1.29 is 0 Å². The first-order valence-corrected chi connectivity index (χ1v) is 6.73. The van der Waals surface area contributed by atoms with Crippen molar-refractivity contribution in [1.29, 1.82) is 0 Å². The van der Waals surface area contributed by atoms with E-state index in [4.69, 9.17) is 0 Å². The molecule has 2 heteroatoms. The Morgan fingerprint density at radius 3 is 2.36 bits per heavy atom. The quantitative estimate of drug-likeness (QED) is 0.809. The summed E-state index contributed by atoms with van der Waals surface area (Å²) in [5.74, 6) is 0. The Hall–Kier alpha value is 0.180. The van der Waals surface area contributed by atoms with Crippen LogP contribution in [0.15, 0.2) is 10.6 Å². The van der Waals surface area contributed by atoms with Crippen LogP contribution in [0.3, 0.4) is 0 Å². The van der Waals surface area contributed by atoms with Crippen LogP contribution in [-0.4, -0.2) is 12.6 Å². The fourth-order valence-electron chi connectivity index (χ4n) is 2.00. The van der Waals surface area contributed by atoms with Gasteiger partial charge in [-0.1, -0.05) is 53.6 Å². The third-order valence-corrected chi connectivity index (χ3v) is 3.74. The molecule has 0 unspecified atom stereocenters. The topological polar surface area (TPSA) is 12.0 Å². The van der Waals surface area contributed by atoms with Crippen molar-refractivity contribution in [3.8, 4) is 0 Å². The molecule has 0 aromatic carbocycles. The van der Waals surface area contributed by atoms with Crippen LogP contribution in [0.5, 0.6) is 0 Å². The third-order valence-electron chi connectivity index (χ3n) is 2.96. The minimum absolute atomic E-state index is 0.762. The van der Waals surface area contributed by atoms with Gasteiger partial charge in [0.05, 0.1) is 0 Å². The highest BCUT2D eigenvalue weighted by Gasteiger charge is 2.09. The Bertz CT molecular complexity index is 169. The van der Waals surface area contributed by atoms with Crippen molar-refractivity contribution in [3.63, 3.8) is 0 Å². The molecule has 0 aliphatic heterocycles. The second-order valence-electron chi connectivity index (χ2n) is 4.38. The van der Waals surface area contributed by atoms with E-state index in [0.717, 1.165) is 12.6 Å². The van der Waals surface area contributed by atoms with Crippen molar-refractivity contribution in [2.45, 2.75) is 57.9 Å². The first-order chi connectivity index (χ1) is 6.83. The van der Waals surface area contributed by atoms with Crippen LogP contribution < -0.4 is 5.32 Å². The van der Waals surface area contributed by atoms with Gasteiger partial charge in [0.25, 0.3) is 0 Å². The molecule has 1 N–H and O–H groups in total. The summed E-state index contributed by atoms with van der Waals surface area (Å²) in [7, 11) is 0. The maximum absolute atomic E-state index is 3.64. The zero-order valence-electron chi connectivity index (χ0n) is 9.19. The predicted molar refractivity (Wildman–Crippen MR) is 66.8 cm³/mol. The molecule has 0 radical (unpaired) electrons. The highest BCUT2D eigenvalue weighted by molar-refractivity contribution is 9.11. The SMILES string of the molecule is C/C(=C\Br)CNC1CCCCCCC1. The van der Waals surface area contributed by atoms with Crippen molar-refractivity contribution in [3.05, 3.63) is 10.6 Å². The molecule has 0 aromatic heterocycles. The predicted octanol–water partition coefficient (Wildman–Crippen LogP) is 3.99. The first kappa shape index (κ1) is 12.3. The maximum Gasteiger partial charge on any atom is 0.0172 e. The molecule has 1 nitrogen and oxygen atoms in total. The van der Waals surface area contributed by atoms with E-state index in [1.54, 1.807) is 0 Å². The molecule has 0 saturated heterocycles. The second kappa shape index (κ2) is 7.47. The van der Waals surface area contributed by atoms with Crippen LogP contribution >= 0.6 is 15.9 Å². The molecule has 82 valence electrons. The molecule has 0 amide bonds. The molecule has 1 aliphatic carbocycles. The average Bonchev–Trinajstić information content (AvgIpc) is 2.15. The molecule has 0 heterocycles. The lowest BCUT2D eigenvalue weighted by atomic mass is 9.96. The Morgan fingerprint density at radius 1 is 1.21 bits per heavy atom. The number of hydrogen-bond acceptors (Lipinski definition) is 1. The fourth-order valence-corrected chi connectivity index (χ4v) is 2.17. The number of hydrogen-bond donors (Lipinski definition) is 1. The Kier molecular flexibility index (Phi) is 6.54. The first-order valence-electron chi connectivity index (χ1n) is 5.82. The molecule has 0 aromatic rings. The summed E-state index contributed by atoms with van der Waals surface area (Å²) >= 11 is 3.37. The lowest BCUT2D eigenvalue weighted by Gasteiger charge is -2.21. The van der Waals surface area contributed by atoms with Crippen molar-refractivity contribution in [2.75, 3.05) is 6.54 Å². The molecule has 14 heavy (non-hydrogen) atoms. The van der Waals surface area contributed by atoms with Crippen LogP contribution in [0.25, 0.3) is 0 Å². The normalized spacial score (nSPS) is 21.7. The molecule has 1 saturated carbocycles. The summed E-state index contributed by atoms with van der Waals surface area (Å²) in [6, 6.07) is 0.762. The van der Waals surface area contributed by atoms with Gasteiger partial charge < -0.3 is 5.32 Å². The van der Waals surface area contributed by atoms with E-state index in [9.17, 15) is 0 Å². The van der Waals surface area contributed by atoms with Gasteiger partial charge in [-0.25, -0.2) is 0 Å². The molecule has 0 atom stereocenters. The monoisotopic (exact) mass is 259 g/mol. The van der Waals surface area contributed by atoms with Gasteiger partial charge in [-0.05, 0) is 24.8 Å². The molecular formula is C12H22BrN. The van der Waals surface area contributed by atoms with Gasteiger partial charge in [-0.15, -0.1) is 0 Å². The zero-order chi connectivity index (χ0) is 10.2. The lowest BCUT2D eigenvalue weighted by Crippen LogP contribution is -2.30. The van der Waals surface area contributed by atoms with Crippen molar-refractivity contribution >= 4 is 15.9 Å². The Morgan fingerprint density at radius 2 is 1.79 bits per heavy atom. The van der Waals surface area contributed by atoms with Gasteiger partial charge >= 0.3 is 0 Å². The molecular weight excluding hydrogens is 238 g/mol. The summed E-state index contributed by atoms with van der Waals surface area (Å²) in [5.41, 5.74) is 1.38. The van der Waals surface area contributed by atoms with Crippen molar-refractivity contribution in [2.24, 2.45) is 0 Å². The van der Waals surface area contributed by atoms with Crippen LogP contribution in [0.4, 0.5) is 0 Å². The second-order valence-corrected chi connectivity index (χ2v) is 4.84. The molecule has 1 fully saturated rings. The summed E-state index contributed by atoms with van der Waals surface area (Å²) in [6.07, 6.45) is 9.89. The standard InChI is InChI=1S/C12H22BrN/c1-11(9-13)10-14-12-7-5-3-2-4-6-8-12/h9,12,14H,2-8,10H2,1H3/b11-9+. The minimum atomic E-state index is 0.762. The van der Waals surface area contributed by atoms with Gasteiger partial charge in [-0.3, -0.25) is 0 Å². The van der Waals surface area contributed by atoms with E-state index in [2.05, 4.69) is 28.2 Å². The average molecular weight is 260 g/mol. The summed E-state index contributed by atoms with van der Waals surface area (Å²) in [5, 5.41) is 3.64. The Balaban J connectivity index is 2.20. The zero-order valence-corrected chi connectivity index (χ0v) is 10.8. The van der Waals surface area contributed by atoms with E-state index >= 15 is 0 Å². The fraction of sp³-hybridized carbons (Fsp3) is 0.833. The van der Waals surface area contributed by atoms with E-state index in [1.165, 1.54) is 50.5 Å². The summed E-state index contributed by atoms with van der Waals surface area (Å²) < 4.78 is 0. The molecule has 0 bridgehead atoms. The molecule has 0 spiro atoms. The van der Waals surface area contributed by atoms with E-state index in [0.29, 0.717) is 0 Å². The maximum atomic E-state index is 3.64. The Labute approximate surface area is 96.5 Å². The highest BCUT2D eigenvalue weighted by atomic mass is 79.9. The number of rotatable bonds is 3. The minimum Gasteiger partial charge on any atom is -0.310 e. The van der Waals surface area contributed by atoms with Gasteiger partial charge in [0, 0.05) is 12.6 Å². The van der Waals surface area contributed by atoms with Gasteiger partial charge in [0.15, 0.2) is 0 Å². The van der Waals surface area contributed by atoms with Crippen LogP contribution in [0.1, 0.15) is 51.9 Å². The summed E-state index contributed by atoms with van der Waals surface area (Å²) in [4.78, 5) is 2.02. The largest absolute Gasteiger partial charge is 0.310 e. The van der Waals surface area contributed by atoms with Gasteiger partial charge in [0.2, 0.25) is 0 Å². The lowest BCUT2D eigenvalue weighted by molar-refractivity contribution is 0.399. The van der Waals surface area contributed by atoms with E-state index in [1.807, 2.05) is 4.99 Å². The molecule has 1 aliphatic rings. The number of nitrogens with one attached hydrogen (secondary N) is 1. The summed E-state index contributed by atoms with van der Waals surface area (Å²) in [6.45, 7) is 3.20.